The van der Waals surface area contributed by atoms with Gasteiger partial charge in [0.1, 0.15) is 6.04 Å². The highest BCUT2D eigenvalue weighted by atomic mass is 16.4. The minimum Gasteiger partial charge on any atom is -0.421 e. The van der Waals surface area contributed by atoms with Crippen LogP contribution in [0.4, 0.5) is 0 Å². The van der Waals surface area contributed by atoms with Crippen LogP contribution in [-0.4, -0.2) is 51.4 Å². The van der Waals surface area contributed by atoms with Gasteiger partial charge in [0.05, 0.1) is 5.54 Å². The molecular formula is C28H35N5O3. The van der Waals surface area contributed by atoms with Gasteiger partial charge in [0.15, 0.2) is 0 Å². The molecule has 2 heterocycles. The third-order valence-corrected chi connectivity index (χ3v) is 6.68. The van der Waals surface area contributed by atoms with Crippen molar-refractivity contribution in [2.45, 2.75) is 57.5 Å². The van der Waals surface area contributed by atoms with Gasteiger partial charge in [-0.05, 0) is 43.7 Å². The van der Waals surface area contributed by atoms with Crippen LogP contribution in [0.25, 0.3) is 0 Å². The highest BCUT2D eigenvalue weighted by Gasteiger charge is 2.39. The van der Waals surface area contributed by atoms with E-state index in [2.05, 4.69) is 17.1 Å². The van der Waals surface area contributed by atoms with Crippen molar-refractivity contribution >= 4 is 11.8 Å². The summed E-state index contributed by atoms with van der Waals surface area (Å²) in [5.74, 6) is -0.359. The Morgan fingerprint density at radius 2 is 1.64 bits per heavy atom. The highest BCUT2D eigenvalue weighted by Crippen LogP contribution is 2.30. The molecule has 0 spiro atoms. The summed E-state index contributed by atoms with van der Waals surface area (Å²) in [5.41, 5.74) is 7.92. The summed E-state index contributed by atoms with van der Waals surface area (Å²) in [5, 5.41) is 8.60. The zero-order valence-corrected chi connectivity index (χ0v) is 21.1. The lowest BCUT2D eigenvalue weighted by Gasteiger charge is -2.37. The molecule has 1 aliphatic rings. The lowest BCUT2D eigenvalue weighted by atomic mass is 9.94. The lowest BCUT2D eigenvalue weighted by Crippen LogP contribution is -2.55. The van der Waals surface area contributed by atoms with E-state index in [4.69, 9.17) is 10.2 Å². The second kappa shape index (κ2) is 11.5. The average molecular weight is 490 g/mol. The topological polar surface area (TPSA) is 106 Å². The number of piperazine rings is 1. The fourth-order valence-corrected chi connectivity index (χ4v) is 4.61. The Morgan fingerprint density at radius 3 is 2.31 bits per heavy atom. The molecule has 1 unspecified atom stereocenters. The number of nitrogens with zero attached hydrogens (tertiary/aromatic N) is 4. The number of benzene rings is 2. The molecule has 36 heavy (non-hydrogen) atoms. The van der Waals surface area contributed by atoms with Gasteiger partial charge in [0, 0.05) is 19.6 Å². The summed E-state index contributed by atoms with van der Waals surface area (Å²) in [7, 11) is 0. The monoisotopic (exact) mass is 489 g/mol. The number of amides is 2. The van der Waals surface area contributed by atoms with Gasteiger partial charge >= 0.3 is 11.8 Å². The molecule has 1 saturated heterocycles. The number of carbonyl (C=O) groups is 2. The van der Waals surface area contributed by atoms with Crippen molar-refractivity contribution in [3.63, 3.8) is 0 Å². The van der Waals surface area contributed by atoms with Crippen molar-refractivity contribution in [3.05, 3.63) is 83.6 Å². The van der Waals surface area contributed by atoms with E-state index in [9.17, 15) is 9.59 Å². The Labute approximate surface area is 212 Å². The van der Waals surface area contributed by atoms with Crippen molar-refractivity contribution in [2.24, 2.45) is 5.73 Å². The summed E-state index contributed by atoms with van der Waals surface area (Å²) in [6.45, 7) is 5.44. The molecule has 0 saturated carbocycles. The van der Waals surface area contributed by atoms with Gasteiger partial charge in [0.2, 0.25) is 11.8 Å². The standard InChI is InChI=1S/C28H35N5O3/c1-3-4-17-32-18-19-33(26(35)25(32)34)23(16-15-21-11-7-5-8-12-21)24-30-31-27(36-24)28(2,29)20-22-13-9-6-10-14-22/h5-14,23H,3-4,15-20,29H2,1-2H3/t23?,28-/m1/s1. The quantitative estimate of drug-likeness (QED) is 0.412. The second-order valence-corrected chi connectivity index (χ2v) is 9.71. The minimum absolute atomic E-state index is 0.312. The molecule has 8 heteroatoms. The summed E-state index contributed by atoms with van der Waals surface area (Å²) in [6, 6.07) is 19.4. The maximum Gasteiger partial charge on any atom is 0.312 e. The molecule has 1 aliphatic heterocycles. The van der Waals surface area contributed by atoms with E-state index < -0.39 is 23.4 Å². The molecular weight excluding hydrogens is 454 g/mol. The van der Waals surface area contributed by atoms with E-state index in [1.165, 1.54) is 0 Å². The average Bonchev–Trinajstić information content (AvgIpc) is 3.38. The van der Waals surface area contributed by atoms with Crippen LogP contribution in [0.5, 0.6) is 0 Å². The smallest absolute Gasteiger partial charge is 0.312 e. The van der Waals surface area contributed by atoms with Crippen LogP contribution in [0.2, 0.25) is 0 Å². The first-order valence-electron chi connectivity index (χ1n) is 12.7. The molecule has 0 radical (unpaired) electrons. The Bertz CT molecular complexity index is 1150. The molecule has 0 aliphatic carbocycles. The second-order valence-electron chi connectivity index (χ2n) is 9.71. The lowest BCUT2D eigenvalue weighted by molar-refractivity contribution is -0.158. The Kier molecular flexibility index (Phi) is 8.15. The molecule has 2 amide bonds. The van der Waals surface area contributed by atoms with Gasteiger partial charge in [-0.1, -0.05) is 74.0 Å². The van der Waals surface area contributed by atoms with Crippen molar-refractivity contribution in [3.8, 4) is 0 Å². The van der Waals surface area contributed by atoms with Gasteiger partial charge in [-0.15, -0.1) is 10.2 Å². The molecule has 4 rings (SSSR count). The Hall–Kier alpha value is -3.52. The number of nitrogens with two attached hydrogens (primary N) is 1. The maximum absolute atomic E-state index is 13.2. The van der Waals surface area contributed by atoms with Gasteiger partial charge in [-0.2, -0.15) is 0 Å². The van der Waals surface area contributed by atoms with Crippen LogP contribution in [0, 0.1) is 0 Å². The number of aromatic nitrogens is 2. The highest BCUT2D eigenvalue weighted by molar-refractivity contribution is 6.35. The van der Waals surface area contributed by atoms with Crippen molar-refractivity contribution in [1.82, 2.24) is 20.0 Å². The third-order valence-electron chi connectivity index (χ3n) is 6.68. The van der Waals surface area contributed by atoms with Gasteiger partial charge < -0.3 is 20.0 Å². The van der Waals surface area contributed by atoms with Crippen LogP contribution in [-0.2, 0) is 28.0 Å². The van der Waals surface area contributed by atoms with Crippen LogP contribution in [0.15, 0.2) is 65.1 Å². The van der Waals surface area contributed by atoms with Gasteiger partial charge in [0.25, 0.3) is 0 Å². The van der Waals surface area contributed by atoms with E-state index in [1.54, 1.807) is 9.80 Å². The van der Waals surface area contributed by atoms with Crippen molar-refractivity contribution < 1.29 is 14.0 Å². The first-order chi connectivity index (χ1) is 17.4. The molecule has 2 aromatic carbocycles. The first-order valence-corrected chi connectivity index (χ1v) is 12.7. The molecule has 3 aromatic rings. The van der Waals surface area contributed by atoms with Crippen molar-refractivity contribution in [2.75, 3.05) is 19.6 Å². The van der Waals surface area contributed by atoms with E-state index in [0.29, 0.717) is 50.7 Å². The number of rotatable bonds is 11. The van der Waals surface area contributed by atoms with Crippen LogP contribution in [0.1, 0.15) is 62.1 Å². The molecule has 0 bridgehead atoms. The molecule has 1 aromatic heterocycles. The molecule has 1 fully saturated rings. The fraction of sp³-hybridized carbons (Fsp3) is 0.429. The van der Waals surface area contributed by atoms with E-state index in [0.717, 1.165) is 24.0 Å². The Morgan fingerprint density at radius 1 is 0.972 bits per heavy atom. The number of hydrogen-bond donors (Lipinski definition) is 1. The maximum atomic E-state index is 13.2. The van der Waals surface area contributed by atoms with Crippen LogP contribution >= 0.6 is 0 Å². The van der Waals surface area contributed by atoms with Crippen molar-refractivity contribution in [1.29, 1.82) is 0 Å². The minimum atomic E-state index is -0.880. The van der Waals surface area contributed by atoms with E-state index >= 15 is 0 Å². The largest absolute Gasteiger partial charge is 0.421 e. The zero-order chi connectivity index (χ0) is 25.5. The SMILES string of the molecule is CCCCN1CCN(C(CCc2ccccc2)c2nnc([C@](C)(N)Cc3ccccc3)o2)C(=O)C1=O. The Balaban J connectivity index is 1.57. The number of carbonyl (C=O) groups excluding carboxylic acids is 2. The predicted octanol–water partition coefficient (Wildman–Crippen LogP) is 3.63. The van der Waals surface area contributed by atoms with Gasteiger partial charge in [-0.25, -0.2) is 0 Å². The van der Waals surface area contributed by atoms with Crippen LogP contribution in [0.3, 0.4) is 0 Å². The zero-order valence-electron chi connectivity index (χ0n) is 21.1. The summed E-state index contributed by atoms with van der Waals surface area (Å²) in [6.07, 6.45) is 3.62. The normalized spacial score (nSPS) is 16.8. The van der Waals surface area contributed by atoms with E-state index in [1.807, 2.05) is 67.6 Å². The summed E-state index contributed by atoms with van der Waals surface area (Å²) in [4.78, 5) is 29.3. The molecule has 2 N–H and O–H groups in total. The number of aryl methyl sites for hydroxylation is 1. The molecule has 8 nitrogen and oxygen atoms in total. The summed E-state index contributed by atoms with van der Waals surface area (Å²) >= 11 is 0. The summed E-state index contributed by atoms with van der Waals surface area (Å²) < 4.78 is 6.13. The number of unbranched alkanes of at least 4 members (excludes halogenated alkanes) is 1. The third kappa shape index (κ3) is 5.99. The predicted molar refractivity (Wildman–Crippen MR) is 137 cm³/mol. The fourth-order valence-electron chi connectivity index (χ4n) is 4.61. The number of hydrogen-bond acceptors (Lipinski definition) is 6. The molecule has 2 atom stereocenters. The van der Waals surface area contributed by atoms with Crippen LogP contribution < -0.4 is 5.73 Å². The molecule has 190 valence electrons. The first kappa shape index (κ1) is 25.6. The van der Waals surface area contributed by atoms with E-state index in [-0.39, 0.29) is 0 Å². The van der Waals surface area contributed by atoms with Gasteiger partial charge in [-0.3, -0.25) is 9.59 Å².